The van der Waals surface area contributed by atoms with E-state index in [-0.39, 0.29) is 18.3 Å². The van der Waals surface area contributed by atoms with Gasteiger partial charge in [-0.15, -0.1) is 0 Å². The summed E-state index contributed by atoms with van der Waals surface area (Å²) in [7, 11) is 0. The molecule has 1 saturated heterocycles. The van der Waals surface area contributed by atoms with Crippen LogP contribution in [0, 0.1) is 11.2 Å². The van der Waals surface area contributed by atoms with E-state index in [4.69, 9.17) is 10.5 Å². The number of hydrogen-bond acceptors (Lipinski definition) is 3. The Bertz CT molecular complexity index is 476. The number of anilines is 1. The summed E-state index contributed by atoms with van der Waals surface area (Å²) in [6.45, 7) is 1.36. The molecule has 0 spiro atoms. The highest BCUT2D eigenvalue weighted by Crippen LogP contribution is 2.31. The lowest BCUT2D eigenvalue weighted by Gasteiger charge is -2.34. The van der Waals surface area contributed by atoms with Crippen molar-refractivity contribution in [3.63, 3.8) is 0 Å². The quantitative estimate of drug-likeness (QED) is 0.893. The van der Waals surface area contributed by atoms with Crippen molar-refractivity contribution in [1.29, 1.82) is 0 Å². The molecular formula is C13H16BrFN2O2. The van der Waals surface area contributed by atoms with E-state index in [9.17, 15) is 9.18 Å². The average Bonchev–Trinajstić information content (AvgIpc) is 2.43. The van der Waals surface area contributed by atoms with Gasteiger partial charge in [-0.25, -0.2) is 4.39 Å². The zero-order valence-electron chi connectivity index (χ0n) is 10.4. The molecule has 104 valence electrons. The fourth-order valence-corrected chi connectivity index (χ4v) is 2.50. The molecular weight excluding hydrogens is 315 g/mol. The molecule has 1 aromatic carbocycles. The Kier molecular flexibility index (Phi) is 4.54. The van der Waals surface area contributed by atoms with Crippen molar-refractivity contribution in [1.82, 2.24) is 0 Å². The Morgan fingerprint density at radius 3 is 2.74 bits per heavy atom. The largest absolute Gasteiger partial charge is 0.381 e. The van der Waals surface area contributed by atoms with Crippen molar-refractivity contribution >= 4 is 27.5 Å². The first-order valence-corrected chi connectivity index (χ1v) is 6.91. The van der Waals surface area contributed by atoms with Gasteiger partial charge in [-0.1, -0.05) is 0 Å². The molecule has 0 atom stereocenters. The standard InChI is InChI=1S/C13H16BrFN2O2/c14-10-7-9(1-2-11(10)15)17-12(18)13(8-16)3-5-19-6-4-13/h1-2,7H,3-6,8,16H2,(H,17,18). The van der Waals surface area contributed by atoms with Crippen LogP contribution in [0.4, 0.5) is 10.1 Å². The number of halogens is 2. The summed E-state index contributed by atoms with van der Waals surface area (Å²) in [5.74, 6) is -0.491. The number of carbonyl (C=O) groups excluding carboxylic acids is 1. The zero-order valence-corrected chi connectivity index (χ0v) is 12.0. The summed E-state index contributed by atoms with van der Waals surface area (Å²) in [5, 5.41) is 2.80. The zero-order chi connectivity index (χ0) is 13.9. The highest BCUT2D eigenvalue weighted by atomic mass is 79.9. The van der Waals surface area contributed by atoms with Gasteiger partial charge in [-0.05, 0) is 47.0 Å². The maximum absolute atomic E-state index is 13.1. The van der Waals surface area contributed by atoms with Crippen molar-refractivity contribution < 1.29 is 13.9 Å². The monoisotopic (exact) mass is 330 g/mol. The van der Waals surface area contributed by atoms with E-state index in [2.05, 4.69) is 21.2 Å². The van der Waals surface area contributed by atoms with Gasteiger partial charge in [-0.3, -0.25) is 4.79 Å². The van der Waals surface area contributed by atoms with E-state index in [0.29, 0.717) is 36.2 Å². The molecule has 0 saturated carbocycles. The van der Waals surface area contributed by atoms with Crippen LogP contribution in [0.3, 0.4) is 0 Å². The van der Waals surface area contributed by atoms with Crippen LogP contribution in [-0.4, -0.2) is 25.7 Å². The molecule has 0 bridgehead atoms. The fraction of sp³-hybridized carbons (Fsp3) is 0.462. The lowest BCUT2D eigenvalue weighted by Crippen LogP contribution is -2.46. The number of hydrogen-bond donors (Lipinski definition) is 2. The van der Waals surface area contributed by atoms with Crippen LogP contribution in [0.5, 0.6) is 0 Å². The molecule has 1 amide bonds. The molecule has 1 aliphatic heterocycles. The van der Waals surface area contributed by atoms with Crippen LogP contribution < -0.4 is 11.1 Å². The van der Waals surface area contributed by atoms with Gasteiger partial charge in [0.2, 0.25) is 5.91 Å². The molecule has 1 aromatic rings. The van der Waals surface area contributed by atoms with Gasteiger partial charge in [0.15, 0.2) is 0 Å². The Balaban J connectivity index is 2.12. The normalized spacial score (nSPS) is 18.1. The van der Waals surface area contributed by atoms with E-state index in [0.717, 1.165) is 0 Å². The maximum Gasteiger partial charge on any atom is 0.232 e. The Morgan fingerprint density at radius 1 is 1.47 bits per heavy atom. The van der Waals surface area contributed by atoms with Gasteiger partial charge < -0.3 is 15.8 Å². The first-order chi connectivity index (χ1) is 9.07. The number of benzene rings is 1. The number of carbonyl (C=O) groups is 1. The van der Waals surface area contributed by atoms with Crippen molar-refractivity contribution in [3.05, 3.63) is 28.5 Å². The molecule has 0 aliphatic carbocycles. The summed E-state index contributed by atoms with van der Waals surface area (Å²) < 4.78 is 18.7. The van der Waals surface area contributed by atoms with E-state index in [1.807, 2.05) is 0 Å². The molecule has 0 radical (unpaired) electrons. The third-order valence-electron chi connectivity index (χ3n) is 3.50. The average molecular weight is 331 g/mol. The first kappa shape index (κ1) is 14.4. The Labute approximate surface area is 119 Å². The third-order valence-corrected chi connectivity index (χ3v) is 4.11. The topological polar surface area (TPSA) is 64.4 Å². The van der Waals surface area contributed by atoms with Crippen molar-refractivity contribution in [3.8, 4) is 0 Å². The van der Waals surface area contributed by atoms with E-state index in [1.165, 1.54) is 18.2 Å². The molecule has 3 N–H and O–H groups in total. The third kappa shape index (κ3) is 3.13. The number of nitrogens with two attached hydrogens (primary N) is 1. The molecule has 0 aromatic heterocycles. The van der Waals surface area contributed by atoms with Crippen LogP contribution in [0.2, 0.25) is 0 Å². The van der Waals surface area contributed by atoms with Gasteiger partial charge in [-0.2, -0.15) is 0 Å². The lowest BCUT2D eigenvalue weighted by molar-refractivity contribution is -0.130. The highest BCUT2D eigenvalue weighted by molar-refractivity contribution is 9.10. The van der Waals surface area contributed by atoms with Gasteiger partial charge in [0.1, 0.15) is 5.82 Å². The van der Waals surface area contributed by atoms with Crippen LogP contribution in [0.25, 0.3) is 0 Å². The van der Waals surface area contributed by atoms with Gasteiger partial charge in [0, 0.05) is 25.4 Å². The fourth-order valence-electron chi connectivity index (χ4n) is 2.12. The molecule has 2 rings (SSSR count). The maximum atomic E-state index is 13.1. The molecule has 19 heavy (non-hydrogen) atoms. The summed E-state index contributed by atoms with van der Waals surface area (Å²) in [6.07, 6.45) is 1.22. The highest BCUT2D eigenvalue weighted by Gasteiger charge is 2.38. The lowest BCUT2D eigenvalue weighted by atomic mass is 9.79. The number of rotatable bonds is 3. The van der Waals surface area contributed by atoms with Crippen LogP contribution in [-0.2, 0) is 9.53 Å². The summed E-state index contributed by atoms with van der Waals surface area (Å²) in [5.41, 5.74) is 5.73. The van der Waals surface area contributed by atoms with Gasteiger partial charge in [0.25, 0.3) is 0 Å². The molecule has 1 heterocycles. The molecule has 4 nitrogen and oxygen atoms in total. The summed E-state index contributed by atoms with van der Waals surface area (Å²) in [6, 6.07) is 4.37. The van der Waals surface area contributed by atoms with Crippen molar-refractivity contribution in [2.24, 2.45) is 11.1 Å². The second kappa shape index (κ2) is 5.98. The van der Waals surface area contributed by atoms with E-state index >= 15 is 0 Å². The minimum Gasteiger partial charge on any atom is -0.381 e. The molecule has 0 unspecified atom stereocenters. The Hall–Kier alpha value is -0.980. The van der Waals surface area contributed by atoms with E-state index in [1.54, 1.807) is 0 Å². The predicted octanol–water partition coefficient (Wildman–Crippen LogP) is 2.28. The number of amides is 1. The minimum absolute atomic E-state index is 0.128. The SMILES string of the molecule is NCC1(C(=O)Nc2ccc(F)c(Br)c2)CCOCC1. The van der Waals surface area contributed by atoms with Gasteiger partial charge >= 0.3 is 0 Å². The molecule has 1 fully saturated rings. The van der Waals surface area contributed by atoms with Crippen LogP contribution in [0.1, 0.15) is 12.8 Å². The van der Waals surface area contributed by atoms with Crippen molar-refractivity contribution in [2.75, 3.05) is 25.1 Å². The van der Waals surface area contributed by atoms with Gasteiger partial charge in [0.05, 0.1) is 9.89 Å². The molecule has 1 aliphatic rings. The number of ether oxygens (including phenoxy) is 1. The predicted molar refractivity (Wildman–Crippen MR) is 74.3 cm³/mol. The molecule has 6 heteroatoms. The minimum atomic E-state index is -0.584. The Morgan fingerprint density at radius 2 is 2.16 bits per heavy atom. The van der Waals surface area contributed by atoms with Crippen molar-refractivity contribution in [2.45, 2.75) is 12.8 Å². The van der Waals surface area contributed by atoms with E-state index < -0.39 is 5.41 Å². The first-order valence-electron chi connectivity index (χ1n) is 6.12. The number of nitrogens with one attached hydrogen (secondary N) is 1. The summed E-state index contributed by atoms with van der Waals surface area (Å²) in [4.78, 5) is 12.4. The summed E-state index contributed by atoms with van der Waals surface area (Å²) >= 11 is 3.09. The van der Waals surface area contributed by atoms with Crippen LogP contribution >= 0.6 is 15.9 Å². The second-order valence-electron chi connectivity index (χ2n) is 4.68. The second-order valence-corrected chi connectivity index (χ2v) is 5.53. The van der Waals surface area contributed by atoms with Crippen LogP contribution in [0.15, 0.2) is 22.7 Å². The smallest absolute Gasteiger partial charge is 0.232 e.